The normalized spacial score (nSPS) is 11.0. The third-order valence-corrected chi connectivity index (χ3v) is 8.62. The molecule has 0 bridgehead atoms. The number of hydrogen-bond donors (Lipinski definition) is 1. The summed E-state index contributed by atoms with van der Waals surface area (Å²) in [5.41, 5.74) is 5.34. The van der Waals surface area contributed by atoms with E-state index in [-0.39, 0.29) is 17.7 Å². The van der Waals surface area contributed by atoms with Crippen molar-refractivity contribution in [1.82, 2.24) is 9.97 Å². The summed E-state index contributed by atoms with van der Waals surface area (Å²) < 4.78 is 27.8. The fraction of sp³-hybridized carbons (Fsp3) is 0.0667. The summed E-state index contributed by atoms with van der Waals surface area (Å²) in [5, 5.41) is 13.6. The highest BCUT2D eigenvalue weighted by atomic mass is 16.5. The number of oxazole rings is 2. The standard InChI is InChI=1S/C26H19NO4.C19H13NO4/c1-17(28)30-23-11-12-24-25(15-23)31-26(27-24)21-8-7-20-14-22(10-9-19(20)13-21)29-16-18-5-3-2-4-6-18;1-11(21)23-16-6-7-17-18(10-16)24-19(20-17)14-3-2-13-9-15(22)5-4-12(13)8-14/h2-15H,16H2,1H3;2-10,22H,1H3. The highest BCUT2D eigenvalue weighted by Crippen LogP contribution is 2.32. The Labute approximate surface area is 314 Å². The van der Waals surface area contributed by atoms with Crippen molar-refractivity contribution in [2.24, 2.45) is 0 Å². The largest absolute Gasteiger partial charge is 0.508 e. The second kappa shape index (κ2) is 14.9. The van der Waals surface area contributed by atoms with Crippen LogP contribution in [-0.4, -0.2) is 27.0 Å². The van der Waals surface area contributed by atoms with Crippen molar-refractivity contribution in [3.05, 3.63) is 145 Å². The molecule has 9 aromatic rings. The van der Waals surface area contributed by atoms with Crippen molar-refractivity contribution in [1.29, 1.82) is 0 Å². The minimum absolute atomic E-state index is 0.232. The Morgan fingerprint density at radius 3 is 1.60 bits per heavy atom. The number of nitrogens with zero attached hydrogens (tertiary/aromatic N) is 2. The molecule has 2 aromatic heterocycles. The van der Waals surface area contributed by atoms with Crippen LogP contribution in [0.15, 0.2) is 148 Å². The minimum atomic E-state index is -0.383. The molecule has 0 amide bonds. The van der Waals surface area contributed by atoms with Crippen LogP contribution in [0.25, 0.3) is 66.7 Å². The predicted molar refractivity (Wildman–Crippen MR) is 209 cm³/mol. The maximum absolute atomic E-state index is 11.2. The van der Waals surface area contributed by atoms with Crippen molar-refractivity contribution >= 4 is 55.7 Å². The third kappa shape index (κ3) is 7.98. The number of carbonyl (C=O) groups is 2. The number of phenolic OH excluding ortho intramolecular Hbond substituents is 1. The summed E-state index contributed by atoms with van der Waals surface area (Å²) in [7, 11) is 0. The fourth-order valence-corrected chi connectivity index (χ4v) is 6.07. The van der Waals surface area contributed by atoms with Gasteiger partial charge in [0, 0.05) is 37.1 Å². The smallest absolute Gasteiger partial charge is 0.308 e. The van der Waals surface area contributed by atoms with Crippen LogP contribution in [0.5, 0.6) is 23.0 Å². The summed E-state index contributed by atoms with van der Waals surface area (Å²) in [6.45, 7) is 3.24. The van der Waals surface area contributed by atoms with Gasteiger partial charge in [-0.15, -0.1) is 0 Å². The number of ether oxygens (including phenoxy) is 3. The molecular weight excluding hydrogens is 697 g/mol. The molecule has 0 radical (unpaired) electrons. The van der Waals surface area contributed by atoms with E-state index in [1.807, 2.05) is 91.0 Å². The highest BCUT2D eigenvalue weighted by Gasteiger charge is 2.13. The molecule has 0 aliphatic carbocycles. The van der Waals surface area contributed by atoms with Crippen LogP contribution in [0.4, 0.5) is 0 Å². The zero-order chi connectivity index (χ0) is 37.9. The molecule has 55 heavy (non-hydrogen) atoms. The first-order chi connectivity index (χ1) is 26.7. The number of carbonyl (C=O) groups excluding carboxylic acids is 2. The van der Waals surface area contributed by atoms with Gasteiger partial charge in [-0.25, -0.2) is 9.97 Å². The second-order valence-electron chi connectivity index (χ2n) is 12.7. The zero-order valence-corrected chi connectivity index (χ0v) is 29.7. The van der Waals surface area contributed by atoms with Crippen molar-refractivity contribution in [2.75, 3.05) is 0 Å². The van der Waals surface area contributed by atoms with E-state index >= 15 is 0 Å². The Morgan fingerprint density at radius 1 is 0.545 bits per heavy atom. The van der Waals surface area contributed by atoms with Crippen LogP contribution in [0.1, 0.15) is 19.4 Å². The number of rotatable bonds is 7. The van der Waals surface area contributed by atoms with Crippen LogP contribution in [0.2, 0.25) is 0 Å². The Balaban J connectivity index is 0.000000160. The summed E-state index contributed by atoms with van der Waals surface area (Å²) in [6.07, 6.45) is 0. The molecule has 7 aromatic carbocycles. The SMILES string of the molecule is CC(=O)Oc1ccc2nc(-c3ccc4cc(O)ccc4c3)oc2c1.CC(=O)Oc1ccc2nc(-c3ccc4cc(OCc5ccccc5)ccc4c3)oc2c1. The maximum atomic E-state index is 11.2. The van der Waals surface area contributed by atoms with E-state index < -0.39 is 0 Å². The van der Waals surface area contributed by atoms with Gasteiger partial charge in [-0.05, 0) is 99.9 Å². The first kappa shape index (κ1) is 34.6. The molecule has 10 nitrogen and oxygen atoms in total. The lowest BCUT2D eigenvalue weighted by Crippen LogP contribution is -2.00. The number of phenols is 1. The Bertz CT molecular complexity index is 2860. The highest BCUT2D eigenvalue weighted by molar-refractivity contribution is 5.90. The van der Waals surface area contributed by atoms with Gasteiger partial charge in [0.1, 0.15) is 40.6 Å². The van der Waals surface area contributed by atoms with Gasteiger partial charge in [-0.2, -0.15) is 0 Å². The van der Waals surface area contributed by atoms with E-state index in [0.717, 1.165) is 44.0 Å². The van der Waals surface area contributed by atoms with E-state index in [4.69, 9.17) is 23.0 Å². The molecule has 0 aliphatic rings. The first-order valence-corrected chi connectivity index (χ1v) is 17.3. The molecule has 9 rings (SSSR count). The maximum Gasteiger partial charge on any atom is 0.308 e. The van der Waals surface area contributed by atoms with Gasteiger partial charge in [-0.1, -0.05) is 54.6 Å². The molecule has 0 fully saturated rings. The topological polar surface area (TPSA) is 134 Å². The van der Waals surface area contributed by atoms with Crippen molar-refractivity contribution in [3.8, 4) is 45.9 Å². The summed E-state index contributed by atoms with van der Waals surface area (Å²) in [4.78, 5) is 31.2. The van der Waals surface area contributed by atoms with Gasteiger partial charge >= 0.3 is 11.9 Å². The van der Waals surface area contributed by atoms with E-state index in [1.54, 1.807) is 48.5 Å². The molecule has 0 saturated heterocycles. The average molecular weight is 729 g/mol. The molecule has 10 heteroatoms. The van der Waals surface area contributed by atoms with Gasteiger partial charge in [0.2, 0.25) is 11.8 Å². The minimum Gasteiger partial charge on any atom is -0.508 e. The number of hydrogen-bond acceptors (Lipinski definition) is 10. The fourth-order valence-electron chi connectivity index (χ4n) is 6.07. The monoisotopic (exact) mass is 728 g/mol. The number of aromatic nitrogens is 2. The van der Waals surface area contributed by atoms with Gasteiger partial charge < -0.3 is 28.2 Å². The quantitative estimate of drug-likeness (QED) is 0.125. The molecule has 0 saturated carbocycles. The second-order valence-corrected chi connectivity index (χ2v) is 12.7. The Morgan fingerprint density at radius 2 is 1.04 bits per heavy atom. The lowest BCUT2D eigenvalue weighted by molar-refractivity contribution is -0.132. The molecule has 0 aliphatic heterocycles. The van der Waals surface area contributed by atoms with Crippen LogP contribution in [-0.2, 0) is 16.2 Å². The zero-order valence-electron chi connectivity index (χ0n) is 29.7. The lowest BCUT2D eigenvalue weighted by Gasteiger charge is -2.08. The molecule has 0 unspecified atom stereocenters. The Kier molecular flexibility index (Phi) is 9.37. The average Bonchev–Trinajstić information content (AvgIpc) is 3.81. The van der Waals surface area contributed by atoms with E-state index in [9.17, 15) is 14.7 Å². The van der Waals surface area contributed by atoms with Gasteiger partial charge in [-0.3, -0.25) is 9.59 Å². The van der Waals surface area contributed by atoms with Crippen LogP contribution < -0.4 is 14.2 Å². The molecular formula is C45H32N2O8. The van der Waals surface area contributed by atoms with Crippen LogP contribution >= 0.6 is 0 Å². The summed E-state index contributed by atoms with van der Waals surface area (Å²) >= 11 is 0. The third-order valence-electron chi connectivity index (χ3n) is 8.62. The molecule has 0 atom stereocenters. The summed E-state index contributed by atoms with van der Waals surface area (Å²) in [5.74, 6) is 2.16. The van der Waals surface area contributed by atoms with Crippen molar-refractivity contribution in [2.45, 2.75) is 20.5 Å². The Hall–Kier alpha value is -7.46. The molecule has 1 N–H and O–H groups in total. The molecule has 0 spiro atoms. The van der Waals surface area contributed by atoms with E-state index in [1.165, 1.54) is 13.8 Å². The lowest BCUT2D eigenvalue weighted by atomic mass is 10.1. The number of aromatic hydroxyl groups is 1. The number of benzene rings is 7. The number of esters is 2. The van der Waals surface area contributed by atoms with Crippen LogP contribution in [0, 0.1) is 0 Å². The molecule has 270 valence electrons. The van der Waals surface area contributed by atoms with E-state index in [2.05, 4.69) is 9.97 Å². The number of fused-ring (bicyclic) bond motifs is 4. The van der Waals surface area contributed by atoms with E-state index in [0.29, 0.717) is 52.1 Å². The molecule has 2 heterocycles. The van der Waals surface area contributed by atoms with Gasteiger partial charge in [0.15, 0.2) is 11.2 Å². The van der Waals surface area contributed by atoms with Gasteiger partial charge in [0.25, 0.3) is 0 Å². The van der Waals surface area contributed by atoms with Crippen molar-refractivity contribution < 1.29 is 37.7 Å². The first-order valence-electron chi connectivity index (χ1n) is 17.3. The summed E-state index contributed by atoms with van der Waals surface area (Å²) in [6, 6.07) is 43.3. The van der Waals surface area contributed by atoms with Crippen molar-refractivity contribution in [3.63, 3.8) is 0 Å². The predicted octanol–water partition coefficient (Wildman–Crippen LogP) is 10.4. The van der Waals surface area contributed by atoms with Gasteiger partial charge in [0.05, 0.1) is 0 Å². The van der Waals surface area contributed by atoms with Crippen LogP contribution in [0.3, 0.4) is 0 Å².